The molecule has 0 fully saturated rings. The average Bonchev–Trinajstić information content (AvgIpc) is 2.73. The van der Waals surface area contributed by atoms with Crippen LogP contribution < -0.4 is 5.73 Å². The minimum Gasteiger partial charge on any atom is -0.462 e. The first-order valence-electron chi connectivity index (χ1n) is 5.44. The topological polar surface area (TPSA) is 52.3 Å². The molecule has 1 heterocycles. The quantitative estimate of drug-likeness (QED) is 0.870. The number of hydrogen-bond acceptors (Lipinski definition) is 4. The molecule has 0 aliphatic rings. The highest BCUT2D eigenvalue weighted by Crippen LogP contribution is 2.34. The number of thiophene rings is 1. The summed E-state index contributed by atoms with van der Waals surface area (Å²) in [5, 5.41) is 1.24. The second kappa shape index (κ2) is 5.42. The van der Waals surface area contributed by atoms with Crippen molar-refractivity contribution in [1.82, 2.24) is 0 Å². The van der Waals surface area contributed by atoms with Gasteiger partial charge in [-0.05, 0) is 30.7 Å². The molecule has 0 spiro atoms. The van der Waals surface area contributed by atoms with Crippen molar-refractivity contribution in [2.45, 2.75) is 6.92 Å². The molecule has 0 saturated carbocycles. The van der Waals surface area contributed by atoms with Gasteiger partial charge in [0.1, 0.15) is 4.88 Å². The number of nitrogens with two attached hydrogens (primary N) is 1. The molecule has 3 nitrogen and oxygen atoms in total. The minimum atomic E-state index is -0.343. The van der Waals surface area contributed by atoms with Crippen LogP contribution in [-0.4, -0.2) is 12.6 Å². The summed E-state index contributed by atoms with van der Waals surface area (Å²) in [4.78, 5) is 12.4. The van der Waals surface area contributed by atoms with E-state index in [2.05, 4.69) is 0 Å². The van der Waals surface area contributed by atoms with E-state index >= 15 is 0 Å². The summed E-state index contributed by atoms with van der Waals surface area (Å²) in [6, 6.07) is 9.04. The van der Waals surface area contributed by atoms with E-state index in [-0.39, 0.29) is 5.97 Å². The van der Waals surface area contributed by atoms with Crippen molar-refractivity contribution in [3.8, 4) is 11.1 Å². The average molecular weight is 282 g/mol. The van der Waals surface area contributed by atoms with Crippen LogP contribution in [0.3, 0.4) is 0 Å². The Bertz CT molecular complexity index is 563. The maximum atomic E-state index is 11.8. The van der Waals surface area contributed by atoms with Crippen molar-refractivity contribution in [3.63, 3.8) is 0 Å². The van der Waals surface area contributed by atoms with Gasteiger partial charge in [-0.3, -0.25) is 0 Å². The summed E-state index contributed by atoms with van der Waals surface area (Å²) < 4.78 is 5.02. The monoisotopic (exact) mass is 281 g/mol. The molecule has 0 atom stereocenters. The molecule has 18 heavy (non-hydrogen) atoms. The molecule has 5 heteroatoms. The fourth-order valence-corrected chi connectivity index (χ4v) is 2.57. The van der Waals surface area contributed by atoms with E-state index in [1.807, 2.05) is 12.1 Å². The number of carbonyl (C=O) groups is 1. The van der Waals surface area contributed by atoms with Gasteiger partial charge in [-0.1, -0.05) is 23.7 Å². The van der Waals surface area contributed by atoms with E-state index in [1.54, 1.807) is 25.1 Å². The third-order valence-corrected chi connectivity index (χ3v) is 3.56. The summed E-state index contributed by atoms with van der Waals surface area (Å²) in [6.45, 7) is 2.12. The van der Waals surface area contributed by atoms with E-state index in [4.69, 9.17) is 22.1 Å². The molecule has 1 aromatic heterocycles. The standard InChI is InChI=1S/C13H12ClNO2S/c1-2-17-13(16)12-10(7-11(15)18-12)8-3-5-9(14)6-4-8/h3-7H,2,15H2,1H3. The van der Waals surface area contributed by atoms with Gasteiger partial charge in [0.2, 0.25) is 0 Å². The van der Waals surface area contributed by atoms with Gasteiger partial charge in [0.25, 0.3) is 0 Å². The highest BCUT2D eigenvalue weighted by molar-refractivity contribution is 7.18. The summed E-state index contributed by atoms with van der Waals surface area (Å²) >= 11 is 7.07. The Balaban J connectivity index is 2.44. The number of benzene rings is 1. The van der Waals surface area contributed by atoms with Crippen LogP contribution in [0.1, 0.15) is 16.6 Å². The molecule has 0 unspecified atom stereocenters. The molecule has 0 radical (unpaired) electrons. The van der Waals surface area contributed by atoms with Crippen LogP contribution in [0.5, 0.6) is 0 Å². The van der Waals surface area contributed by atoms with Crippen LogP contribution in [0, 0.1) is 0 Å². The van der Waals surface area contributed by atoms with E-state index in [9.17, 15) is 4.79 Å². The highest BCUT2D eigenvalue weighted by Gasteiger charge is 2.17. The lowest BCUT2D eigenvalue weighted by Crippen LogP contribution is -2.03. The van der Waals surface area contributed by atoms with Gasteiger partial charge < -0.3 is 10.5 Å². The molecule has 2 N–H and O–H groups in total. The van der Waals surface area contributed by atoms with Crippen molar-refractivity contribution in [1.29, 1.82) is 0 Å². The zero-order chi connectivity index (χ0) is 13.1. The Morgan fingerprint density at radius 3 is 2.67 bits per heavy atom. The van der Waals surface area contributed by atoms with Crippen LogP contribution in [0.4, 0.5) is 5.00 Å². The predicted molar refractivity (Wildman–Crippen MR) is 75.1 cm³/mol. The summed E-state index contributed by atoms with van der Waals surface area (Å²) in [7, 11) is 0. The molecule has 2 aromatic rings. The van der Waals surface area contributed by atoms with Crippen LogP contribution >= 0.6 is 22.9 Å². The van der Waals surface area contributed by atoms with E-state index in [0.29, 0.717) is 21.5 Å². The number of halogens is 1. The summed E-state index contributed by atoms with van der Waals surface area (Å²) in [5.74, 6) is -0.343. The third kappa shape index (κ3) is 2.66. The zero-order valence-corrected chi connectivity index (χ0v) is 11.3. The van der Waals surface area contributed by atoms with Crippen molar-refractivity contribution in [2.75, 3.05) is 12.3 Å². The summed E-state index contributed by atoms with van der Waals surface area (Å²) in [5.41, 5.74) is 7.45. The van der Waals surface area contributed by atoms with Gasteiger partial charge >= 0.3 is 5.97 Å². The van der Waals surface area contributed by atoms with E-state index in [0.717, 1.165) is 11.1 Å². The number of nitrogen functional groups attached to an aromatic ring is 1. The molecule has 1 aromatic carbocycles. The number of ether oxygens (including phenoxy) is 1. The Morgan fingerprint density at radius 2 is 2.06 bits per heavy atom. The van der Waals surface area contributed by atoms with Crippen molar-refractivity contribution in [2.24, 2.45) is 0 Å². The molecular formula is C13H12ClNO2S. The summed E-state index contributed by atoms with van der Waals surface area (Å²) in [6.07, 6.45) is 0. The SMILES string of the molecule is CCOC(=O)c1sc(N)cc1-c1ccc(Cl)cc1. The lowest BCUT2D eigenvalue weighted by Gasteiger charge is -2.03. The molecule has 94 valence electrons. The Kier molecular flexibility index (Phi) is 3.89. The molecule has 0 aliphatic heterocycles. The van der Waals surface area contributed by atoms with Gasteiger partial charge in [-0.2, -0.15) is 0 Å². The van der Waals surface area contributed by atoms with E-state index < -0.39 is 0 Å². The van der Waals surface area contributed by atoms with Gasteiger partial charge in [-0.25, -0.2) is 4.79 Å². The number of esters is 1. The van der Waals surface area contributed by atoms with Crippen molar-refractivity contribution >= 4 is 33.9 Å². The zero-order valence-electron chi connectivity index (χ0n) is 9.77. The van der Waals surface area contributed by atoms with Gasteiger partial charge in [0, 0.05) is 10.6 Å². The lowest BCUT2D eigenvalue weighted by molar-refractivity contribution is 0.0533. The lowest BCUT2D eigenvalue weighted by atomic mass is 10.1. The van der Waals surface area contributed by atoms with E-state index in [1.165, 1.54) is 11.3 Å². The first kappa shape index (κ1) is 12.9. The first-order chi connectivity index (χ1) is 8.61. The third-order valence-electron chi connectivity index (χ3n) is 2.37. The molecule has 0 amide bonds. The fourth-order valence-electron chi connectivity index (χ4n) is 1.60. The Hall–Kier alpha value is -1.52. The molecule has 0 saturated heterocycles. The second-order valence-electron chi connectivity index (χ2n) is 3.62. The maximum Gasteiger partial charge on any atom is 0.349 e. The normalized spacial score (nSPS) is 10.3. The molecule has 0 aliphatic carbocycles. The molecular weight excluding hydrogens is 270 g/mol. The maximum absolute atomic E-state index is 11.8. The van der Waals surface area contributed by atoms with Crippen molar-refractivity contribution in [3.05, 3.63) is 40.2 Å². The van der Waals surface area contributed by atoms with Gasteiger partial charge in [-0.15, -0.1) is 11.3 Å². The number of carbonyl (C=O) groups excluding carboxylic acids is 1. The largest absolute Gasteiger partial charge is 0.462 e. The molecule has 0 bridgehead atoms. The predicted octanol–water partition coefficient (Wildman–Crippen LogP) is 3.83. The first-order valence-corrected chi connectivity index (χ1v) is 6.63. The fraction of sp³-hybridized carbons (Fsp3) is 0.154. The van der Waals surface area contributed by atoms with Crippen LogP contribution in [0.15, 0.2) is 30.3 Å². The number of anilines is 1. The van der Waals surface area contributed by atoms with Crippen LogP contribution in [0.2, 0.25) is 5.02 Å². The number of rotatable bonds is 3. The molecule has 2 rings (SSSR count). The second-order valence-corrected chi connectivity index (χ2v) is 5.14. The smallest absolute Gasteiger partial charge is 0.349 e. The number of hydrogen-bond donors (Lipinski definition) is 1. The Morgan fingerprint density at radius 1 is 1.39 bits per heavy atom. The van der Waals surface area contributed by atoms with Gasteiger partial charge in [0.05, 0.1) is 11.6 Å². The van der Waals surface area contributed by atoms with Crippen molar-refractivity contribution < 1.29 is 9.53 Å². The van der Waals surface area contributed by atoms with Gasteiger partial charge in [0.15, 0.2) is 0 Å². The minimum absolute atomic E-state index is 0.343. The Labute approximate surface area is 114 Å². The highest BCUT2D eigenvalue weighted by atomic mass is 35.5. The van der Waals surface area contributed by atoms with Crippen LogP contribution in [0.25, 0.3) is 11.1 Å². The van der Waals surface area contributed by atoms with Crippen LogP contribution in [-0.2, 0) is 4.74 Å².